The monoisotopic (exact) mass is 211 g/mol. The molecule has 1 aliphatic heterocycles. The van der Waals surface area contributed by atoms with Crippen LogP contribution in [-0.2, 0) is 9.31 Å². The summed E-state index contributed by atoms with van der Waals surface area (Å²) in [4.78, 5) is 1.99. The Labute approximate surface area is 83.1 Å². The van der Waals surface area contributed by atoms with Gasteiger partial charge in [0.15, 0.2) is 0 Å². The van der Waals surface area contributed by atoms with Crippen molar-refractivity contribution in [3.63, 3.8) is 0 Å². The van der Waals surface area contributed by atoms with Gasteiger partial charge in [-0.25, -0.2) is 0 Å². The van der Waals surface area contributed by atoms with E-state index in [1.165, 1.54) is 0 Å². The molecule has 70 valence electrons. The maximum absolute atomic E-state index is 5.61. The molecule has 1 aliphatic rings. The summed E-state index contributed by atoms with van der Waals surface area (Å²) >= 11 is 11.2. The molecule has 6 heteroatoms. The molecule has 1 saturated heterocycles. The molecule has 12 heavy (non-hydrogen) atoms. The Morgan fingerprint density at radius 1 is 1.08 bits per heavy atom. The molecule has 1 heterocycles. The van der Waals surface area contributed by atoms with Crippen LogP contribution in [0.15, 0.2) is 0 Å². The lowest BCUT2D eigenvalue weighted by molar-refractivity contribution is 0.272. The minimum atomic E-state index is -0.234. The average molecular weight is 212 g/mol. The third-order valence-electron chi connectivity index (χ3n) is 1.65. The summed E-state index contributed by atoms with van der Waals surface area (Å²) in [5.74, 6) is 1.14. The second kappa shape index (κ2) is 6.05. The molecule has 0 atom stereocenters. The summed E-state index contributed by atoms with van der Waals surface area (Å²) in [6.45, 7) is 2.81. The van der Waals surface area contributed by atoms with Gasteiger partial charge in [0.2, 0.25) is 0 Å². The van der Waals surface area contributed by atoms with Crippen LogP contribution in [0.5, 0.6) is 0 Å². The number of halogens is 2. The highest BCUT2D eigenvalue weighted by Crippen LogP contribution is 2.05. The summed E-state index contributed by atoms with van der Waals surface area (Å²) < 4.78 is 10.6. The maximum Gasteiger partial charge on any atom is 0.557 e. The number of hydrogen-bond acceptors (Lipinski definition) is 3. The molecule has 1 fully saturated rings. The van der Waals surface area contributed by atoms with Crippen molar-refractivity contribution in [3.8, 4) is 0 Å². The Morgan fingerprint density at radius 3 is 2.00 bits per heavy atom. The fourth-order valence-electron chi connectivity index (χ4n) is 1.10. The van der Waals surface area contributed by atoms with Gasteiger partial charge in [0.05, 0.1) is 13.2 Å². The molecular formula is C6H12BCl2NO2. The minimum Gasteiger partial charge on any atom is -0.395 e. The molecule has 0 aromatic rings. The van der Waals surface area contributed by atoms with E-state index in [1.54, 1.807) is 0 Å². The molecule has 0 amide bonds. The van der Waals surface area contributed by atoms with Gasteiger partial charge < -0.3 is 9.31 Å². The maximum atomic E-state index is 5.61. The minimum absolute atomic E-state index is 0.234. The lowest BCUT2D eigenvalue weighted by atomic mass is 10.1. The zero-order valence-corrected chi connectivity index (χ0v) is 8.35. The predicted octanol–water partition coefficient (Wildman–Crippen LogP) is 0.798. The van der Waals surface area contributed by atoms with Gasteiger partial charge >= 0.3 is 7.25 Å². The molecule has 3 nitrogen and oxygen atoms in total. The van der Waals surface area contributed by atoms with E-state index < -0.39 is 0 Å². The molecule has 0 bridgehead atoms. The van der Waals surface area contributed by atoms with Crippen LogP contribution in [0, 0.1) is 0 Å². The van der Waals surface area contributed by atoms with Gasteiger partial charge in [0, 0.05) is 24.8 Å². The first-order valence-electron chi connectivity index (χ1n) is 3.97. The first kappa shape index (κ1) is 10.6. The van der Waals surface area contributed by atoms with Crippen molar-refractivity contribution in [2.24, 2.45) is 0 Å². The van der Waals surface area contributed by atoms with Crippen molar-refractivity contribution < 1.29 is 9.31 Å². The molecule has 0 radical (unpaired) electrons. The van der Waals surface area contributed by atoms with E-state index in [1.807, 2.05) is 4.81 Å². The number of alkyl halides is 2. The highest BCUT2D eigenvalue weighted by Gasteiger charge is 2.31. The van der Waals surface area contributed by atoms with E-state index in [2.05, 4.69) is 0 Å². The smallest absolute Gasteiger partial charge is 0.395 e. The molecular weight excluding hydrogens is 200 g/mol. The third kappa shape index (κ3) is 3.11. The highest BCUT2D eigenvalue weighted by molar-refractivity contribution is 6.41. The largest absolute Gasteiger partial charge is 0.557 e. The van der Waals surface area contributed by atoms with Crippen LogP contribution in [0.4, 0.5) is 0 Å². The van der Waals surface area contributed by atoms with Crippen LogP contribution in [0.1, 0.15) is 0 Å². The highest BCUT2D eigenvalue weighted by atomic mass is 35.5. The standard InChI is InChI=1S/C6H12BCl2NO2/c8-1-3-10(4-2-9)7-11-5-6-12-7/h1-6H2. The van der Waals surface area contributed by atoms with Crippen LogP contribution in [0.2, 0.25) is 0 Å². The van der Waals surface area contributed by atoms with Crippen LogP contribution < -0.4 is 0 Å². The number of nitrogens with zero attached hydrogens (tertiary/aromatic N) is 1. The summed E-state index contributed by atoms with van der Waals surface area (Å²) in [6, 6.07) is 0. The number of hydrogen-bond donors (Lipinski definition) is 0. The van der Waals surface area contributed by atoms with E-state index >= 15 is 0 Å². The first-order valence-corrected chi connectivity index (χ1v) is 5.04. The Bertz CT molecular complexity index is 118. The van der Waals surface area contributed by atoms with Crippen LogP contribution in [0.25, 0.3) is 0 Å². The molecule has 0 saturated carbocycles. The Balaban J connectivity index is 2.29. The van der Waals surface area contributed by atoms with Crippen LogP contribution >= 0.6 is 23.2 Å². The molecule has 0 unspecified atom stereocenters. The van der Waals surface area contributed by atoms with Gasteiger partial charge in [-0.1, -0.05) is 0 Å². The quantitative estimate of drug-likeness (QED) is 0.496. The molecule has 1 rings (SSSR count). The van der Waals surface area contributed by atoms with E-state index in [-0.39, 0.29) is 7.25 Å². The van der Waals surface area contributed by atoms with E-state index in [9.17, 15) is 0 Å². The van der Waals surface area contributed by atoms with Crippen molar-refractivity contribution >= 4 is 30.5 Å². The summed E-state index contributed by atoms with van der Waals surface area (Å²) in [7, 11) is -0.234. The van der Waals surface area contributed by atoms with Crippen LogP contribution in [0.3, 0.4) is 0 Å². The van der Waals surface area contributed by atoms with Gasteiger partial charge in [-0.15, -0.1) is 23.2 Å². The zero-order chi connectivity index (χ0) is 8.81. The van der Waals surface area contributed by atoms with Crippen molar-refractivity contribution in [3.05, 3.63) is 0 Å². The third-order valence-corrected chi connectivity index (χ3v) is 1.98. The molecule has 0 aliphatic carbocycles. The van der Waals surface area contributed by atoms with E-state index in [0.717, 1.165) is 13.1 Å². The topological polar surface area (TPSA) is 21.7 Å². The molecule has 0 spiro atoms. The van der Waals surface area contributed by atoms with Crippen LogP contribution in [-0.4, -0.2) is 50.1 Å². The van der Waals surface area contributed by atoms with E-state index in [0.29, 0.717) is 25.0 Å². The summed E-state index contributed by atoms with van der Waals surface area (Å²) in [5, 5.41) is 0. The summed E-state index contributed by atoms with van der Waals surface area (Å²) in [6.07, 6.45) is 0. The zero-order valence-electron chi connectivity index (χ0n) is 6.84. The SMILES string of the molecule is ClCCN(CCCl)B1OCCO1. The molecule has 0 aromatic heterocycles. The van der Waals surface area contributed by atoms with Gasteiger partial charge in [0.25, 0.3) is 0 Å². The number of rotatable bonds is 5. The normalized spacial score (nSPS) is 17.8. The lowest BCUT2D eigenvalue weighted by Gasteiger charge is -2.20. The predicted molar refractivity (Wildman–Crippen MR) is 50.7 cm³/mol. The Morgan fingerprint density at radius 2 is 1.58 bits per heavy atom. The van der Waals surface area contributed by atoms with E-state index in [4.69, 9.17) is 32.5 Å². The van der Waals surface area contributed by atoms with Gasteiger partial charge in [-0.3, -0.25) is 4.81 Å². The van der Waals surface area contributed by atoms with Crippen molar-refractivity contribution in [1.82, 2.24) is 4.81 Å². The van der Waals surface area contributed by atoms with Gasteiger partial charge in [-0.05, 0) is 0 Å². The fraction of sp³-hybridized carbons (Fsp3) is 1.00. The second-order valence-corrected chi connectivity index (χ2v) is 3.22. The van der Waals surface area contributed by atoms with Gasteiger partial charge in [-0.2, -0.15) is 0 Å². The van der Waals surface area contributed by atoms with Crippen molar-refractivity contribution in [2.75, 3.05) is 38.1 Å². The van der Waals surface area contributed by atoms with Gasteiger partial charge in [0.1, 0.15) is 0 Å². The Hall–Kier alpha value is 0.525. The summed E-state index contributed by atoms with van der Waals surface area (Å²) in [5.41, 5.74) is 0. The molecule has 0 N–H and O–H groups in total. The Kier molecular flexibility index (Phi) is 5.35. The fourth-order valence-corrected chi connectivity index (χ4v) is 1.53. The van der Waals surface area contributed by atoms with Crippen molar-refractivity contribution in [2.45, 2.75) is 0 Å². The second-order valence-electron chi connectivity index (χ2n) is 2.46. The average Bonchev–Trinajstić information content (AvgIpc) is 2.56. The van der Waals surface area contributed by atoms with Crippen molar-refractivity contribution in [1.29, 1.82) is 0 Å². The lowest BCUT2D eigenvalue weighted by Crippen LogP contribution is -2.43. The molecule has 0 aromatic carbocycles. The first-order chi connectivity index (χ1) is 5.88.